The maximum Gasteiger partial charge on any atom is -0.0210 e. The predicted molar refractivity (Wildman–Crippen MR) is 46.2 cm³/mol. The van der Waals surface area contributed by atoms with Crippen LogP contribution in [0, 0.1) is 29.1 Å². The Hall–Kier alpha value is 0. The van der Waals surface area contributed by atoms with Crippen molar-refractivity contribution in [2.45, 2.75) is 39.5 Å². The molecular formula is C11H18. The van der Waals surface area contributed by atoms with Crippen molar-refractivity contribution in [1.29, 1.82) is 0 Å². The first-order valence-corrected chi connectivity index (χ1v) is 5.25. The van der Waals surface area contributed by atoms with Crippen LogP contribution in [0.2, 0.25) is 0 Å². The second-order valence-electron chi connectivity index (χ2n) is 5.31. The molecule has 0 aromatic rings. The fourth-order valence-electron chi connectivity index (χ4n) is 4.68. The number of rotatable bonds is 0. The third-order valence-electron chi connectivity index (χ3n) is 5.19. The zero-order valence-corrected chi connectivity index (χ0v) is 7.64. The molecule has 0 bridgehead atoms. The normalized spacial score (nSPS) is 66.0. The molecule has 0 saturated heterocycles. The molecule has 3 saturated carbocycles. The maximum atomic E-state index is 2.49. The summed E-state index contributed by atoms with van der Waals surface area (Å²) in [6.45, 7) is 4.95. The molecule has 3 fully saturated rings. The highest BCUT2D eigenvalue weighted by atomic mass is 14.7. The molecule has 3 rings (SSSR count). The van der Waals surface area contributed by atoms with Gasteiger partial charge < -0.3 is 0 Å². The Morgan fingerprint density at radius 2 is 2.00 bits per heavy atom. The van der Waals surface area contributed by atoms with E-state index in [0.29, 0.717) is 0 Å². The Labute approximate surface area is 69.4 Å². The summed E-state index contributed by atoms with van der Waals surface area (Å²) in [6.07, 6.45) is 6.27. The number of hydrogen-bond acceptors (Lipinski definition) is 0. The second-order valence-corrected chi connectivity index (χ2v) is 5.31. The molecule has 0 aromatic heterocycles. The molecule has 0 heterocycles. The topological polar surface area (TPSA) is 0 Å². The van der Waals surface area contributed by atoms with Crippen molar-refractivity contribution in [3.05, 3.63) is 0 Å². The van der Waals surface area contributed by atoms with Crippen LogP contribution in [0.5, 0.6) is 0 Å². The van der Waals surface area contributed by atoms with Crippen molar-refractivity contribution in [2.75, 3.05) is 0 Å². The summed E-state index contributed by atoms with van der Waals surface area (Å²) in [5.41, 5.74) is 0.902. The molecule has 3 unspecified atom stereocenters. The molecule has 0 amide bonds. The zero-order chi connectivity index (χ0) is 7.64. The number of hydrogen-bond donors (Lipinski definition) is 0. The van der Waals surface area contributed by atoms with Gasteiger partial charge in [0.1, 0.15) is 0 Å². The Balaban J connectivity index is 1.92. The average molecular weight is 150 g/mol. The van der Waals surface area contributed by atoms with E-state index in [4.69, 9.17) is 0 Å². The summed E-state index contributed by atoms with van der Waals surface area (Å²) in [5.74, 6) is 4.47. The van der Waals surface area contributed by atoms with Gasteiger partial charge in [-0.05, 0) is 54.8 Å². The highest BCUT2D eigenvalue weighted by molar-refractivity contribution is 5.15. The molecule has 0 nitrogen and oxygen atoms in total. The van der Waals surface area contributed by atoms with Crippen molar-refractivity contribution in [3.8, 4) is 0 Å². The Bertz CT molecular complexity index is 196. The smallest absolute Gasteiger partial charge is 0.0210 e. The van der Waals surface area contributed by atoms with Gasteiger partial charge >= 0.3 is 0 Å². The average Bonchev–Trinajstić information content (AvgIpc) is 2.19. The summed E-state index contributed by atoms with van der Waals surface area (Å²) in [4.78, 5) is 0. The van der Waals surface area contributed by atoms with Crippen LogP contribution in [-0.4, -0.2) is 0 Å². The van der Waals surface area contributed by atoms with Crippen LogP contribution in [0.25, 0.3) is 0 Å². The summed E-state index contributed by atoms with van der Waals surface area (Å²) < 4.78 is 0. The van der Waals surface area contributed by atoms with Gasteiger partial charge in [-0.15, -0.1) is 0 Å². The summed E-state index contributed by atoms with van der Waals surface area (Å²) in [7, 11) is 0. The minimum absolute atomic E-state index is 0.902. The van der Waals surface area contributed by atoms with E-state index in [1.54, 1.807) is 25.7 Å². The van der Waals surface area contributed by atoms with Gasteiger partial charge in [-0.2, -0.15) is 0 Å². The van der Waals surface area contributed by atoms with E-state index < -0.39 is 0 Å². The molecule has 3 aliphatic carbocycles. The van der Waals surface area contributed by atoms with Crippen molar-refractivity contribution in [3.63, 3.8) is 0 Å². The first-order chi connectivity index (χ1) is 5.25. The van der Waals surface area contributed by atoms with Gasteiger partial charge in [0.2, 0.25) is 0 Å². The van der Waals surface area contributed by atoms with E-state index in [1.807, 2.05) is 0 Å². The lowest BCUT2D eigenvalue weighted by Gasteiger charge is -2.64. The molecule has 0 radical (unpaired) electrons. The van der Waals surface area contributed by atoms with Gasteiger partial charge in [0.25, 0.3) is 0 Å². The van der Waals surface area contributed by atoms with Gasteiger partial charge in [-0.25, -0.2) is 0 Å². The van der Waals surface area contributed by atoms with E-state index >= 15 is 0 Å². The van der Waals surface area contributed by atoms with Gasteiger partial charge in [0, 0.05) is 0 Å². The van der Waals surface area contributed by atoms with Crippen molar-refractivity contribution in [2.24, 2.45) is 29.1 Å². The third kappa shape index (κ3) is 0.494. The van der Waals surface area contributed by atoms with E-state index in [9.17, 15) is 0 Å². The van der Waals surface area contributed by atoms with Crippen LogP contribution >= 0.6 is 0 Å². The summed E-state index contributed by atoms with van der Waals surface area (Å²) in [6, 6.07) is 0. The van der Waals surface area contributed by atoms with Gasteiger partial charge in [-0.3, -0.25) is 0 Å². The molecule has 0 aliphatic heterocycles. The van der Waals surface area contributed by atoms with Crippen LogP contribution in [0.1, 0.15) is 39.5 Å². The maximum absolute atomic E-state index is 2.49. The Morgan fingerprint density at radius 1 is 1.18 bits per heavy atom. The molecule has 5 atom stereocenters. The lowest BCUT2D eigenvalue weighted by molar-refractivity contribution is -0.157. The molecule has 0 heteroatoms. The van der Waals surface area contributed by atoms with Gasteiger partial charge in [0.05, 0.1) is 0 Å². The van der Waals surface area contributed by atoms with Gasteiger partial charge in [0.15, 0.2) is 0 Å². The van der Waals surface area contributed by atoms with Gasteiger partial charge in [-0.1, -0.05) is 13.8 Å². The van der Waals surface area contributed by atoms with Crippen LogP contribution in [0.15, 0.2) is 0 Å². The first-order valence-electron chi connectivity index (χ1n) is 5.25. The second kappa shape index (κ2) is 1.67. The fraction of sp³-hybridized carbons (Fsp3) is 1.00. The molecule has 1 spiro atoms. The SMILES string of the molecule is C[C@H]1CC23C(CCC12)C[C@@H]3C. The van der Waals surface area contributed by atoms with Crippen molar-refractivity contribution >= 4 is 0 Å². The highest BCUT2D eigenvalue weighted by Crippen LogP contribution is 2.74. The van der Waals surface area contributed by atoms with E-state index in [1.165, 1.54) is 5.92 Å². The fourth-order valence-corrected chi connectivity index (χ4v) is 4.68. The zero-order valence-electron chi connectivity index (χ0n) is 7.64. The van der Waals surface area contributed by atoms with E-state index in [2.05, 4.69) is 13.8 Å². The summed E-state index contributed by atoms with van der Waals surface area (Å²) >= 11 is 0. The molecule has 62 valence electrons. The van der Waals surface area contributed by atoms with Crippen LogP contribution < -0.4 is 0 Å². The molecule has 11 heavy (non-hydrogen) atoms. The Kier molecular flexibility index (Phi) is 0.990. The molecule has 0 N–H and O–H groups in total. The largest absolute Gasteiger partial charge is 0.0622 e. The van der Waals surface area contributed by atoms with Crippen LogP contribution in [-0.2, 0) is 0 Å². The molecular weight excluding hydrogens is 132 g/mol. The minimum Gasteiger partial charge on any atom is -0.0622 e. The Morgan fingerprint density at radius 3 is 2.55 bits per heavy atom. The molecule has 0 aromatic carbocycles. The van der Waals surface area contributed by atoms with E-state index in [-0.39, 0.29) is 0 Å². The third-order valence-corrected chi connectivity index (χ3v) is 5.19. The molecule has 3 aliphatic rings. The monoisotopic (exact) mass is 150 g/mol. The van der Waals surface area contributed by atoms with Crippen molar-refractivity contribution in [1.82, 2.24) is 0 Å². The predicted octanol–water partition coefficient (Wildman–Crippen LogP) is 3.08. The lowest BCUT2D eigenvalue weighted by Crippen LogP contribution is -2.57. The standard InChI is InChI=1S/C11H18/c1-7-6-11-8(2)5-9(11)3-4-10(7)11/h7-10H,3-6H2,1-2H3/t7-,8-,9?,10?,11?/m0/s1. The van der Waals surface area contributed by atoms with E-state index in [0.717, 1.165) is 23.2 Å². The van der Waals surface area contributed by atoms with Crippen LogP contribution in [0.3, 0.4) is 0 Å². The summed E-state index contributed by atoms with van der Waals surface area (Å²) in [5, 5.41) is 0. The first kappa shape index (κ1) is 6.51. The quantitative estimate of drug-likeness (QED) is 0.498. The van der Waals surface area contributed by atoms with Crippen molar-refractivity contribution < 1.29 is 0 Å². The highest BCUT2D eigenvalue weighted by Gasteiger charge is 2.67. The lowest BCUT2D eigenvalue weighted by atomic mass is 9.41. The van der Waals surface area contributed by atoms with Crippen LogP contribution in [0.4, 0.5) is 0 Å². The minimum atomic E-state index is 0.902.